The Balaban J connectivity index is 5.03. The molecule has 0 aromatic heterocycles. The summed E-state index contributed by atoms with van der Waals surface area (Å²) in [6.45, 7) is 11.5. The second-order valence-corrected chi connectivity index (χ2v) is 6.06. The Morgan fingerprint density at radius 1 is 1.06 bits per heavy atom. The van der Waals surface area contributed by atoms with Gasteiger partial charge in [-0.1, -0.05) is 0 Å². The molecule has 0 rings (SSSR count). The molecular formula is C11H24NO4P. The summed E-state index contributed by atoms with van der Waals surface area (Å²) in [5.74, 6) is 0. The lowest BCUT2D eigenvalue weighted by atomic mass is 10.5. The van der Waals surface area contributed by atoms with Crippen LogP contribution in [0.2, 0.25) is 0 Å². The fraction of sp³-hybridized carbons (Fsp3) is 0.909. The minimum atomic E-state index is -3.72. The van der Waals surface area contributed by atoms with Crippen LogP contribution in [0.3, 0.4) is 0 Å². The minimum Gasteiger partial charge on any atom is -0.333 e. The molecule has 5 nitrogen and oxygen atoms in total. The summed E-state index contributed by atoms with van der Waals surface area (Å²) >= 11 is 0. The molecule has 17 heavy (non-hydrogen) atoms. The Morgan fingerprint density at radius 3 is 1.65 bits per heavy atom. The number of hydrogen-bond acceptors (Lipinski definition) is 4. The van der Waals surface area contributed by atoms with Gasteiger partial charge in [0.15, 0.2) is 0 Å². The number of carbonyl (C=O) groups is 1. The second-order valence-electron chi connectivity index (χ2n) is 4.26. The van der Waals surface area contributed by atoms with Crippen molar-refractivity contribution in [3.05, 3.63) is 0 Å². The van der Waals surface area contributed by atoms with E-state index >= 15 is 0 Å². The lowest BCUT2D eigenvalue weighted by molar-refractivity contribution is 0.136. The third-order valence-electron chi connectivity index (χ3n) is 1.97. The first-order valence-electron chi connectivity index (χ1n) is 6.03. The maximum atomic E-state index is 12.5. The lowest BCUT2D eigenvalue weighted by Gasteiger charge is -2.26. The smallest absolute Gasteiger partial charge is 0.333 e. The van der Waals surface area contributed by atoms with Crippen molar-refractivity contribution in [2.75, 3.05) is 13.1 Å². The highest BCUT2D eigenvalue weighted by atomic mass is 31.2. The maximum Gasteiger partial charge on any atom is 0.418 e. The van der Waals surface area contributed by atoms with E-state index in [0.717, 1.165) is 0 Å². The van der Waals surface area contributed by atoms with Crippen molar-refractivity contribution in [1.29, 1.82) is 0 Å². The van der Waals surface area contributed by atoms with E-state index < -0.39 is 13.2 Å². The van der Waals surface area contributed by atoms with Gasteiger partial charge >= 0.3 is 13.2 Å². The van der Waals surface area contributed by atoms with Gasteiger partial charge in [0.05, 0.1) is 12.2 Å². The van der Waals surface area contributed by atoms with E-state index in [0.29, 0.717) is 13.1 Å². The molecule has 1 amide bonds. The van der Waals surface area contributed by atoms with E-state index in [1.165, 1.54) is 4.90 Å². The summed E-state index contributed by atoms with van der Waals surface area (Å²) < 4.78 is 22.9. The Morgan fingerprint density at radius 2 is 1.41 bits per heavy atom. The lowest BCUT2D eigenvalue weighted by Crippen LogP contribution is -2.31. The number of nitrogens with zero attached hydrogens (tertiary/aromatic N) is 1. The Bertz CT molecular complexity index is 273. The van der Waals surface area contributed by atoms with E-state index in [4.69, 9.17) is 9.05 Å². The third-order valence-corrected chi connectivity index (χ3v) is 4.12. The average Bonchev–Trinajstić information content (AvgIpc) is 2.16. The summed E-state index contributed by atoms with van der Waals surface area (Å²) in [7, 11) is -3.72. The van der Waals surface area contributed by atoms with Gasteiger partial charge in [-0.25, -0.2) is 4.57 Å². The molecule has 0 radical (unpaired) electrons. The molecule has 0 aliphatic carbocycles. The number of carbonyl (C=O) groups excluding carboxylic acids is 1. The van der Waals surface area contributed by atoms with Crippen LogP contribution >= 0.6 is 7.60 Å². The largest absolute Gasteiger partial charge is 0.418 e. The van der Waals surface area contributed by atoms with E-state index in [1.54, 1.807) is 27.7 Å². The van der Waals surface area contributed by atoms with Crippen LogP contribution < -0.4 is 0 Å². The zero-order chi connectivity index (χ0) is 13.6. The zero-order valence-corrected chi connectivity index (χ0v) is 12.5. The Labute approximate surface area is 104 Å². The summed E-state index contributed by atoms with van der Waals surface area (Å²) in [6, 6.07) is 0. The van der Waals surface area contributed by atoms with Crippen molar-refractivity contribution in [3.8, 4) is 0 Å². The average molecular weight is 265 g/mol. The highest BCUT2D eigenvalue weighted by molar-refractivity contribution is 7.71. The van der Waals surface area contributed by atoms with Crippen molar-refractivity contribution < 1.29 is 18.4 Å². The summed E-state index contributed by atoms with van der Waals surface area (Å²) in [6.07, 6.45) is -0.641. The van der Waals surface area contributed by atoms with Gasteiger partial charge in [-0.3, -0.25) is 13.8 Å². The van der Waals surface area contributed by atoms with Gasteiger partial charge in [0.25, 0.3) is 0 Å². The predicted molar refractivity (Wildman–Crippen MR) is 68.4 cm³/mol. The Kier molecular flexibility index (Phi) is 6.98. The van der Waals surface area contributed by atoms with Crippen LogP contribution in [-0.4, -0.2) is 35.8 Å². The SMILES string of the molecule is CCN(CC)C(=O)P(=O)(OC(C)C)OC(C)C. The van der Waals surface area contributed by atoms with Crippen LogP contribution in [0.15, 0.2) is 0 Å². The van der Waals surface area contributed by atoms with E-state index in [1.807, 2.05) is 13.8 Å². The van der Waals surface area contributed by atoms with Crippen molar-refractivity contribution in [2.24, 2.45) is 0 Å². The van der Waals surface area contributed by atoms with Gasteiger partial charge in [-0.2, -0.15) is 0 Å². The molecule has 0 atom stereocenters. The molecule has 102 valence electrons. The molecular weight excluding hydrogens is 241 g/mol. The van der Waals surface area contributed by atoms with Crippen molar-refractivity contribution in [3.63, 3.8) is 0 Å². The Hall–Kier alpha value is -0.380. The molecule has 0 saturated heterocycles. The monoisotopic (exact) mass is 265 g/mol. The van der Waals surface area contributed by atoms with Crippen LogP contribution in [0.25, 0.3) is 0 Å². The minimum absolute atomic E-state index is 0.320. The number of rotatable bonds is 7. The van der Waals surface area contributed by atoms with Crippen molar-refractivity contribution in [2.45, 2.75) is 53.8 Å². The predicted octanol–water partition coefficient (Wildman–Crippen LogP) is 3.49. The topological polar surface area (TPSA) is 55.8 Å². The van der Waals surface area contributed by atoms with Gasteiger partial charge in [0, 0.05) is 13.1 Å². The molecule has 0 N–H and O–H groups in total. The molecule has 0 saturated carbocycles. The standard InChI is InChI=1S/C11H24NO4P/c1-7-12(8-2)11(13)17(14,15-9(3)4)16-10(5)6/h9-10H,7-8H2,1-6H3. The fourth-order valence-corrected chi connectivity index (χ4v) is 3.31. The first-order chi connectivity index (χ1) is 7.76. The van der Waals surface area contributed by atoms with Gasteiger partial charge < -0.3 is 4.90 Å². The van der Waals surface area contributed by atoms with Crippen LogP contribution in [0.5, 0.6) is 0 Å². The summed E-state index contributed by atoms with van der Waals surface area (Å²) in [5, 5.41) is 0. The first-order valence-corrected chi connectivity index (χ1v) is 7.57. The highest BCUT2D eigenvalue weighted by Crippen LogP contribution is 2.52. The van der Waals surface area contributed by atoms with Gasteiger partial charge in [-0.05, 0) is 41.5 Å². The van der Waals surface area contributed by atoms with Gasteiger partial charge in [-0.15, -0.1) is 0 Å². The summed E-state index contributed by atoms with van der Waals surface area (Å²) in [4.78, 5) is 13.6. The van der Waals surface area contributed by atoms with Crippen LogP contribution in [0, 0.1) is 0 Å². The van der Waals surface area contributed by atoms with Crippen LogP contribution in [0.4, 0.5) is 4.79 Å². The molecule has 0 spiro atoms. The molecule has 0 aliphatic heterocycles. The maximum absolute atomic E-state index is 12.5. The molecule has 0 aliphatic rings. The molecule has 0 heterocycles. The number of hydrogen-bond donors (Lipinski definition) is 0. The normalized spacial score (nSPS) is 12.2. The number of amides is 1. The first kappa shape index (κ1) is 16.6. The quantitative estimate of drug-likeness (QED) is 0.661. The van der Waals surface area contributed by atoms with Gasteiger partial charge in [0.1, 0.15) is 0 Å². The third kappa shape index (κ3) is 5.19. The summed E-state index contributed by atoms with van der Waals surface area (Å²) in [5.41, 5.74) is -0.551. The van der Waals surface area contributed by atoms with E-state index in [2.05, 4.69) is 0 Å². The second kappa shape index (κ2) is 7.14. The molecule has 0 unspecified atom stereocenters. The van der Waals surface area contributed by atoms with Crippen LogP contribution in [-0.2, 0) is 13.6 Å². The van der Waals surface area contributed by atoms with E-state index in [-0.39, 0.29) is 12.2 Å². The van der Waals surface area contributed by atoms with Crippen molar-refractivity contribution >= 4 is 13.2 Å². The van der Waals surface area contributed by atoms with Crippen LogP contribution in [0.1, 0.15) is 41.5 Å². The molecule has 0 fully saturated rings. The molecule has 0 aromatic carbocycles. The molecule has 0 bridgehead atoms. The van der Waals surface area contributed by atoms with Gasteiger partial charge in [0.2, 0.25) is 0 Å². The molecule has 0 aromatic rings. The fourth-order valence-electron chi connectivity index (χ4n) is 1.34. The molecule has 6 heteroatoms. The highest BCUT2D eigenvalue weighted by Gasteiger charge is 2.39. The van der Waals surface area contributed by atoms with E-state index in [9.17, 15) is 9.36 Å². The zero-order valence-electron chi connectivity index (χ0n) is 11.6. The van der Waals surface area contributed by atoms with Crippen molar-refractivity contribution in [1.82, 2.24) is 4.90 Å².